The predicted molar refractivity (Wildman–Crippen MR) is 101 cm³/mol. The fraction of sp³-hybridized carbons (Fsp3) is 0.429. The molecule has 4 rings (SSSR count). The van der Waals surface area contributed by atoms with Crippen LogP contribution in [0.3, 0.4) is 0 Å². The van der Waals surface area contributed by atoms with Gasteiger partial charge in [-0.05, 0) is 48.6 Å². The van der Waals surface area contributed by atoms with E-state index < -0.39 is 0 Å². The molecule has 2 aliphatic rings. The Morgan fingerprint density at radius 3 is 3.00 bits per heavy atom. The van der Waals surface area contributed by atoms with Crippen molar-refractivity contribution in [3.05, 3.63) is 63.1 Å². The van der Waals surface area contributed by atoms with Crippen molar-refractivity contribution in [2.75, 3.05) is 13.2 Å². The standard InChI is InChI=1S/C21H24N2O4/c1-14-6-8-23(13-17-3-2-9-26-17)21(25)19(14)20(24)22-12-15-4-5-18-16(11-15)7-10-27-18/h4-6,8,11,17H,2-3,7,9-10,12-13H2,1H3,(H,22,24). The average Bonchev–Trinajstić information content (AvgIpc) is 3.33. The Balaban J connectivity index is 1.48. The van der Waals surface area contributed by atoms with Gasteiger partial charge in [-0.25, -0.2) is 0 Å². The third-order valence-corrected chi connectivity index (χ3v) is 5.23. The minimum absolute atomic E-state index is 0.0509. The second-order valence-corrected chi connectivity index (χ2v) is 7.19. The summed E-state index contributed by atoms with van der Waals surface area (Å²) in [5.74, 6) is 0.580. The van der Waals surface area contributed by atoms with Crippen molar-refractivity contribution in [1.82, 2.24) is 9.88 Å². The van der Waals surface area contributed by atoms with Crippen LogP contribution < -0.4 is 15.6 Å². The van der Waals surface area contributed by atoms with Gasteiger partial charge in [0.1, 0.15) is 11.3 Å². The number of nitrogens with one attached hydrogen (secondary N) is 1. The summed E-state index contributed by atoms with van der Waals surface area (Å²) in [5.41, 5.74) is 2.80. The summed E-state index contributed by atoms with van der Waals surface area (Å²) in [6.45, 7) is 4.11. The molecular weight excluding hydrogens is 344 g/mol. The number of hydrogen-bond donors (Lipinski definition) is 1. The molecule has 2 aliphatic heterocycles. The first-order chi connectivity index (χ1) is 13.1. The number of hydrogen-bond acceptors (Lipinski definition) is 4. The average molecular weight is 368 g/mol. The molecule has 0 bridgehead atoms. The molecule has 0 spiro atoms. The van der Waals surface area contributed by atoms with Gasteiger partial charge in [0.15, 0.2) is 0 Å². The molecule has 1 fully saturated rings. The smallest absolute Gasteiger partial charge is 0.263 e. The van der Waals surface area contributed by atoms with Crippen LogP contribution in [-0.4, -0.2) is 29.8 Å². The highest BCUT2D eigenvalue weighted by Gasteiger charge is 2.20. The van der Waals surface area contributed by atoms with Gasteiger partial charge in [-0.15, -0.1) is 0 Å². The largest absolute Gasteiger partial charge is 0.493 e. The van der Waals surface area contributed by atoms with E-state index in [0.717, 1.165) is 42.7 Å². The molecule has 1 N–H and O–H groups in total. The van der Waals surface area contributed by atoms with Crippen molar-refractivity contribution >= 4 is 5.91 Å². The van der Waals surface area contributed by atoms with E-state index in [1.54, 1.807) is 17.7 Å². The lowest BCUT2D eigenvalue weighted by atomic mass is 10.1. The number of aromatic nitrogens is 1. The summed E-state index contributed by atoms with van der Waals surface area (Å²) in [6.07, 6.45) is 4.66. The predicted octanol–water partition coefficient (Wildman–Crippen LogP) is 2.20. The fourth-order valence-corrected chi connectivity index (χ4v) is 3.71. The van der Waals surface area contributed by atoms with Gasteiger partial charge in [-0.1, -0.05) is 12.1 Å². The normalized spacial score (nSPS) is 18.2. The second-order valence-electron chi connectivity index (χ2n) is 7.19. The van der Waals surface area contributed by atoms with Gasteiger partial charge in [0.2, 0.25) is 0 Å². The highest BCUT2D eigenvalue weighted by Crippen LogP contribution is 2.25. The van der Waals surface area contributed by atoms with E-state index in [2.05, 4.69) is 11.4 Å². The molecule has 1 unspecified atom stereocenters. The molecule has 3 heterocycles. The van der Waals surface area contributed by atoms with Crippen LogP contribution in [0.15, 0.2) is 35.3 Å². The van der Waals surface area contributed by atoms with Crippen LogP contribution in [0.2, 0.25) is 0 Å². The molecule has 1 aromatic carbocycles. The SMILES string of the molecule is Cc1ccn(CC2CCCO2)c(=O)c1C(=O)NCc1ccc2c(c1)CCO2. The van der Waals surface area contributed by atoms with E-state index in [1.165, 1.54) is 0 Å². The molecule has 0 saturated carbocycles. The number of carbonyl (C=O) groups excluding carboxylic acids is 1. The van der Waals surface area contributed by atoms with Crippen LogP contribution in [0.1, 0.15) is 39.9 Å². The van der Waals surface area contributed by atoms with Gasteiger partial charge < -0.3 is 19.4 Å². The van der Waals surface area contributed by atoms with Gasteiger partial charge in [0, 0.05) is 25.8 Å². The number of nitrogens with zero attached hydrogens (tertiary/aromatic N) is 1. The molecule has 6 heteroatoms. The number of fused-ring (bicyclic) bond motifs is 1. The van der Waals surface area contributed by atoms with Crippen molar-refractivity contribution in [2.45, 2.75) is 45.4 Å². The zero-order chi connectivity index (χ0) is 18.8. The third kappa shape index (κ3) is 3.76. The highest BCUT2D eigenvalue weighted by molar-refractivity contribution is 5.95. The maximum absolute atomic E-state index is 12.8. The Morgan fingerprint density at radius 2 is 2.19 bits per heavy atom. The summed E-state index contributed by atoms with van der Waals surface area (Å²) in [7, 11) is 0. The zero-order valence-corrected chi connectivity index (χ0v) is 15.5. The minimum atomic E-state index is -0.337. The lowest BCUT2D eigenvalue weighted by Gasteiger charge is -2.14. The summed E-state index contributed by atoms with van der Waals surface area (Å²) in [4.78, 5) is 25.5. The van der Waals surface area contributed by atoms with Gasteiger partial charge in [-0.3, -0.25) is 9.59 Å². The number of ether oxygens (including phenoxy) is 2. The Bertz CT molecular complexity index is 913. The first-order valence-corrected chi connectivity index (χ1v) is 9.46. The van der Waals surface area contributed by atoms with E-state index >= 15 is 0 Å². The number of amides is 1. The first kappa shape index (κ1) is 17.8. The van der Waals surface area contributed by atoms with E-state index in [4.69, 9.17) is 9.47 Å². The Morgan fingerprint density at radius 1 is 1.30 bits per heavy atom. The number of pyridine rings is 1. The summed E-state index contributed by atoms with van der Waals surface area (Å²) in [5, 5.41) is 2.88. The number of benzene rings is 1. The fourth-order valence-electron chi connectivity index (χ4n) is 3.71. The molecule has 0 radical (unpaired) electrons. The highest BCUT2D eigenvalue weighted by atomic mass is 16.5. The minimum Gasteiger partial charge on any atom is -0.493 e. The number of rotatable bonds is 5. The Hall–Kier alpha value is -2.60. The number of carbonyl (C=O) groups is 1. The quantitative estimate of drug-likeness (QED) is 0.878. The zero-order valence-electron chi connectivity index (χ0n) is 15.5. The molecule has 1 amide bonds. The van der Waals surface area contributed by atoms with Crippen LogP contribution in [-0.2, 0) is 24.2 Å². The van der Waals surface area contributed by atoms with Gasteiger partial charge in [0.25, 0.3) is 11.5 Å². The van der Waals surface area contributed by atoms with E-state index in [0.29, 0.717) is 25.3 Å². The van der Waals surface area contributed by atoms with E-state index in [-0.39, 0.29) is 23.1 Å². The molecule has 142 valence electrons. The molecule has 1 aromatic heterocycles. The summed E-state index contributed by atoms with van der Waals surface area (Å²) >= 11 is 0. The topological polar surface area (TPSA) is 69.6 Å². The molecular formula is C21H24N2O4. The maximum Gasteiger partial charge on any atom is 0.263 e. The van der Waals surface area contributed by atoms with Crippen LogP contribution in [0.25, 0.3) is 0 Å². The molecule has 1 saturated heterocycles. The van der Waals surface area contributed by atoms with Gasteiger partial charge >= 0.3 is 0 Å². The Kier molecular flexibility index (Phi) is 4.99. The lowest BCUT2D eigenvalue weighted by molar-refractivity contribution is 0.0928. The molecule has 27 heavy (non-hydrogen) atoms. The van der Waals surface area contributed by atoms with Crippen LogP contribution >= 0.6 is 0 Å². The summed E-state index contributed by atoms with van der Waals surface area (Å²) in [6, 6.07) is 7.75. The van der Waals surface area contributed by atoms with Crippen LogP contribution in [0.4, 0.5) is 0 Å². The first-order valence-electron chi connectivity index (χ1n) is 9.46. The maximum atomic E-state index is 12.8. The third-order valence-electron chi connectivity index (χ3n) is 5.23. The van der Waals surface area contributed by atoms with Crippen molar-refractivity contribution < 1.29 is 14.3 Å². The molecule has 0 aliphatic carbocycles. The second kappa shape index (κ2) is 7.56. The van der Waals surface area contributed by atoms with Crippen LogP contribution in [0, 0.1) is 6.92 Å². The van der Waals surface area contributed by atoms with Crippen molar-refractivity contribution in [3.8, 4) is 5.75 Å². The molecule has 1 atom stereocenters. The van der Waals surface area contributed by atoms with E-state index in [9.17, 15) is 9.59 Å². The summed E-state index contributed by atoms with van der Waals surface area (Å²) < 4.78 is 12.7. The van der Waals surface area contributed by atoms with E-state index in [1.807, 2.05) is 18.2 Å². The van der Waals surface area contributed by atoms with Gasteiger partial charge in [0.05, 0.1) is 19.3 Å². The van der Waals surface area contributed by atoms with Crippen LogP contribution in [0.5, 0.6) is 5.75 Å². The number of aryl methyl sites for hydroxylation is 1. The molecule has 2 aromatic rings. The monoisotopic (exact) mass is 368 g/mol. The van der Waals surface area contributed by atoms with Crippen molar-refractivity contribution in [2.24, 2.45) is 0 Å². The lowest BCUT2D eigenvalue weighted by Crippen LogP contribution is -2.35. The van der Waals surface area contributed by atoms with Crippen molar-refractivity contribution in [3.63, 3.8) is 0 Å². The van der Waals surface area contributed by atoms with Gasteiger partial charge in [-0.2, -0.15) is 0 Å². The Labute approximate surface area is 158 Å². The molecule has 6 nitrogen and oxygen atoms in total. The van der Waals surface area contributed by atoms with Crippen molar-refractivity contribution in [1.29, 1.82) is 0 Å².